The predicted molar refractivity (Wildman–Crippen MR) is 94.6 cm³/mol. The lowest BCUT2D eigenvalue weighted by Gasteiger charge is -2.43. The Labute approximate surface area is 131 Å². The molecule has 0 fully saturated rings. The van der Waals surface area contributed by atoms with Gasteiger partial charge in [-0.3, -0.25) is 0 Å². The molecule has 1 aromatic rings. The molecule has 1 aliphatic rings. The summed E-state index contributed by atoms with van der Waals surface area (Å²) < 4.78 is 6.42. The molecule has 0 saturated heterocycles. The molecule has 0 saturated carbocycles. The fraction of sp³-hybridized carbons (Fsp3) is 0.667. The maximum atomic E-state index is 6.42. The van der Waals surface area contributed by atoms with E-state index in [0.717, 1.165) is 13.3 Å². The summed E-state index contributed by atoms with van der Waals surface area (Å²) in [5.41, 5.74) is 3.08. The fourth-order valence-electron chi connectivity index (χ4n) is 2.58. The van der Waals surface area contributed by atoms with Crippen molar-refractivity contribution in [3.8, 4) is 0 Å². The normalized spacial score (nSPS) is 18.5. The van der Waals surface area contributed by atoms with E-state index in [1.807, 2.05) is 0 Å². The molecule has 1 heterocycles. The molecule has 0 aromatic heterocycles. The Bertz CT molecular complexity index is 502. The van der Waals surface area contributed by atoms with Crippen molar-refractivity contribution >= 4 is 14.0 Å². The first-order valence-corrected chi connectivity index (χ1v) is 10.9. The van der Waals surface area contributed by atoms with Crippen molar-refractivity contribution in [3.05, 3.63) is 29.8 Å². The minimum atomic E-state index is -1.69. The van der Waals surface area contributed by atoms with Crippen LogP contribution in [0.5, 0.6) is 0 Å². The molecule has 3 heteroatoms. The Morgan fingerprint density at radius 3 is 2.43 bits per heavy atom. The number of nitrogens with zero attached hydrogens (tertiary/aromatic N) is 1. The van der Waals surface area contributed by atoms with Gasteiger partial charge in [0.25, 0.3) is 0 Å². The van der Waals surface area contributed by atoms with E-state index < -0.39 is 8.32 Å². The number of para-hydroxylation sites is 1. The highest BCUT2D eigenvalue weighted by atomic mass is 28.4. The third-order valence-corrected chi connectivity index (χ3v) is 9.83. The zero-order valence-electron chi connectivity index (χ0n) is 14.8. The first-order valence-electron chi connectivity index (χ1n) is 8.03. The molecular weight excluding hydrogens is 274 g/mol. The molecule has 2 rings (SSSR count). The van der Waals surface area contributed by atoms with E-state index in [9.17, 15) is 0 Å². The van der Waals surface area contributed by atoms with Crippen molar-refractivity contribution in [2.45, 2.75) is 64.6 Å². The second-order valence-electron chi connectivity index (χ2n) is 8.45. The maximum absolute atomic E-state index is 6.42. The van der Waals surface area contributed by atoms with Gasteiger partial charge in [-0.2, -0.15) is 0 Å². The zero-order chi connectivity index (χ0) is 15.9. The van der Waals surface area contributed by atoms with E-state index in [1.165, 1.54) is 17.7 Å². The van der Waals surface area contributed by atoms with Gasteiger partial charge < -0.3 is 9.33 Å². The van der Waals surface area contributed by atoms with Crippen molar-refractivity contribution in [1.29, 1.82) is 0 Å². The summed E-state index contributed by atoms with van der Waals surface area (Å²) in [6.07, 6.45) is 1.19. The van der Waals surface area contributed by atoms with Gasteiger partial charge >= 0.3 is 0 Å². The van der Waals surface area contributed by atoms with Gasteiger partial charge in [0, 0.05) is 12.2 Å². The van der Waals surface area contributed by atoms with Crippen LogP contribution in [0.4, 0.5) is 5.69 Å². The summed E-state index contributed by atoms with van der Waals surface area (Å²) in [4.78, 5) is 2.42. The highest BCUT2D eigenvalue weighted by Gasteiger charge is 2.38. The fourth-order valence-corrected chi connectivity index (χ4v) is 3.49. The summed E-state index contributed by atoms with van der Waals surface area (Å²) in [6.45, 7) is 18.0. The van der Waals surface area contributed by atoms with Crippen LogP contribution in [0, 0.1) is 0 Å². The van der Waals surface area contributed by atoms with Gasteiger partial charge in [-0.1, -0.05) is 52.8 Å². The molecule has 0 aliphatic carbocycles. The van der Waals surface area contributed by atoms with Crippen molar-refractivity contribution in [2.24, 2.45) is 0 Å². The Hall–Kier alpha value is -0.803. The Balaban J connectivity index is 2.17. The molecule has 0 spiro atoms. The van der Waals surface area contributed by atoms with Crippen LogP contribution in [0.25, 0.3) is 0 Å². The molecule has 0 N–H and O–H groups in total. The summed E-state index contributed by atoms with van der Waals surface area (Å²) >= 11 is 0. The first kappa shape index (κ1) is 16.6. The largest absolute Gasteiger partial charge is 0.400 e. The lowest BCUT2D eigenvalue weighted by Crippen LogP contribution is -2.46. The standard InChI is InChI=1S/C18H31NOSi/c1-17(2,3)21(6,7)20-14-19-13-12-18(4,5)15-10-8-9-11-16(15)19/h8-11H,12-14H2,1-7H3. The summed E-state index contributed by atoms with van der Waals surface area (Å²) in [5, 5.41) is 0.265. The molecule has 0 amide bonds. The molecule has 0 radical (unpaired) electrons. The van der Waals surface area contributed by atoms with Gasteiger partial charge in [0.15, 0.2) is 8.32 Å². The van der Waals surface area contributed by atoms with Gasteiger partial charge in [-0.15, -0.1) is 0 Å². The minimum absolute atomic E-state index is 0.265. The van der Waals surface area contributed by atoms with E-state index in [-0.39, 0.29) is 10.5 Å². The molecule has 1 aromatic carbocycles. The second-order valence-corrected chi connectivity index (χ2v) is 13.3. The molecule has 0 unspecified atom stereocenters. The van der Waals surface area contributed by atoms with E-state index in [2.05, 4.69) is 76.9 Å². The number of hydrogen-bond acceptors (Lipinski definition) is 2. The SMILES string of the molecule is CC1(C)CCN(CO[Si](C)(C)C(C)(C)C)c2ccccc21. The van der Waals surface area contributed by atoms with Crippen LogP contribution < -0.4 is 4.90 Å². The number of rotatable bonds is 3. The Kier molecular flexibility index (Phi) is 4.29. The van der Waals surface area contributed by atoms with Crippen LogP contribution >= 0.6 is 0 Å². The number of anilines is 1. The van der Waals surface area contributed by atoms with Gasteiger partial charge in [-0.05, 0) is 41.6 Å². The maximum Gasteiger partial charge on any atom is 0.194 e. The molecule has 2 nitrogen and oxygen atoms in total. The monoisotopic (exact) mass is 305 g/mol. The second kappa shape index (κ2) is 5.44. The van der Waals surface area contributed by atoms with Crippen LogP contribution in [0.15, 0.2) is 24.3 Å². The average molecular weight is 306 g/mol. The first-order chi connectivity index (χ1) is 9.55. The predicted octanol–water partition coefficient (Wildman–Crippen LogP) is 5.15. The Morgan fingerprint density at radius 2 is 1.81 bits per heavy atom. The molecular formula is C18H31NOSi. The topological polar surface area (TPSA) is 12.5 Å². The minimum Gasteiger partial charge on any atom is -0.400 e. The van der Waals surface area contributed by atoms with Crippen LogP contribution in [-0.4, -0.2) is 21.6 Å². The third kappa shape index (κ3) is 3.35. The van der Waals surface area contributed by atoms with Crippen LogP contribution in [0.2, 0.25) is 18.1 Å². The quantitative estimate of drug-likeness (QED) is 0.716. The number of benzene rings is 1. The lowest BCUT2D eigenvalue weighted by molar-refractivity contribution is 0.274. The van der Waals surface area contributed by atoms with Crippen LogP contribution in [-0.2, 0) is 9.84 Å². The van der Waals surface area contributed by atoms with Gasteiger partial charge in [0.2, 0.25) is 0 Å². The molecule has 118 valence electrons. The molecule has 0 bridgehead atoms. The highest BCUT2D eigenvalue weighted by Crippen LogP contribution is 2.41. The summed E-state index contributed by atoms with van der Waals surface area (Å²) in [5.74, 6) is 0. The van der Waals surface area contributed by atoms with E-state index in [1.54, 1.807) is 0 Å². The lowest BCUT2D eigenvalue weighted by atomic mass is 9.78. The van der Waals surface area contributed by atoms with Crippen molar-refractivity contribution in [2.75, 3.05) is 18.2 Å². The molecule has 21 heavy (non-hydrogen) atoms. The van der Waals surface area contributed by atoms with Crippen molar-refractivity contribution in [3.63, 3.8) is 0 Å². The zero-order valence-corrected chi connectivity index (χ0v) is 15.8. The van der Waals surface area contributed by atoms with Gasteiger partial charge in [0.05, 0.1) is 0 Å². The van der Waals surface area contributed by atoms with E-state index >= 15 is 0 Å². The molecule has 0 atom stereocenters. The van der Waals surface area contributed by atoms with Gasteiger partial charge in [-0.25, -0.2) is 0 Å². The summed E-state index contributed by atoms with van der Waals surface area (Å²) in [7, 11) is -1.69. The average Bonchev–Trinajstić information content (AvgIpc) is 2.37. The van der Waals surface area contributed by atoms with Crippen LogP contribution in [0.1, 0.15) is 46.6 Å². The van der Waals surface area contributed by atoms with Gasteiger partial charge in [0.1, 0.15) is 6.73 Å². The van der Waals surface area contributed by atoms with E-state index in [4.69, 9.17) is 4.43 Å². The molecule has 1 aliphatic heterocycles. The highest BCUT2D eigenvalue weighted by molar-refractivity contribution is 6.74. The Morgan fingerprint density at radius 1 is 1.19 bits per heavy atom. The summed E-state index contributed by atoms with van der Waals surface area (Å²) in [6, 6.07) is 8.80. The number of fused-ring (bicyclic) bond motifs is 1. The smallest absolute Gasteiger partial charge is 0.194 e. The third-order valence-electron chi connectivity index (χ3n) is 5.37. The van der Waals surface area contributed by atoms with Crippen molar-refractivity contribution < 1.29 is 4.43 Å². The van der Waals surface area contributed by atoms with Crippen molar-refractivity contribution in [1.82, 2.24) is 0 Å². The number of hydrogen-bond donors (Lipinski definition) is 0. The van der Waals surface area contributed by atoms with E-state index in [0.29, 0.717) is 0 Å². The van der Waals surface area contributed by atoms with Crippen LogP contribution in [0.3, 0.4) is 0 Å².